The number of hydrogen-bond donors (Lipinski definition) is 0. The summed E-state index contributed by atoms with van der Waals surface area (Å²) in [5.41, 5.74) is -0.283. The van der Waals surface area contributed by atoms with Gasteiger partial charge in [-0.3, -0.25) is 14.9 Å². The molecule has 7 heteroatoms. The van der Waals surface area contributed by atoms with Gasteiger partial charge >= 0.3 is 0 Å². The van der Waals surface area contributed by atoms with E-state index in [1.165, 1.54) is 31.1 Å². The predicted octanol–water partition coefficient (Wildman–Crippen LogP) is 1.94. The number of nitro benzene ring substituents is 1. The summed E-state index contributed by atoms with van der Waals surface area (Å²) in [7, 11) is 2.96. The number of nitriles is 1. The van der Waals surface area contributed by atoms with Crippen LogP contribution in [-0.2, 0) is 4.79 Å². The van der Waals surface area contributed by atoms with Crippen LogP contribution >= 0.6 is 11.6 Å². The first-order valence-electron chi connectivity index (χ1n) is 4.93. The molecule has 1 atom stereocenters. The lowest BCUT2D eigenvalue weighted by molar-refractivity contribution is -0.385. The highest BCUT2D eigenvalue weighted by Crippen LogP contribution is 2.30. The molecule has 94 valence electrons. The lowest BCUT2D eigenvalue weighted by atomic mass is 9.97. The number of amides is 1. The van der Waals surface area contributed by atoms with Gasteiger partial charge in [-0.05, 0) is 12.1 Å². The average molecular weight is 268 g/mol. The van der Waals surface area contributed by atoms with Crippen molar-refractivity contribution < 1.29 is 9.72 Å². The molecule has 0 spiro atoms. The first kappa shape index (κ1) is 13.9. The molecule has 1 unspecified atom stereocenters. The van der Waals surface area contributed by atoms with E-state index in [1.54, 1.807) is 6.07 Å². The summed E-state index contributed by atoms with van der Waals surface area (Å²) in [6.45, 7) is 0. The molecule has 0 bridgehead atoms. The van der Waals surface area contributed by atoms with Gasteiger partial charge in [0.1, 0.15) is 0 Å². The molecular formula is C11H10ClN3O3. The van der Waals surface area contributed by atoms with Gasteiger partial charge in [0, 0.05) is 25.2 Å². The minimum absolute atomic E-state index is 0.0469. The Bertz CT molecular complexity index is 537. The molecular weight excluding hydrogens is 258 g/mol. The number of likely N-dealkylation sites (N-methyl/N-ethyl adjacent to an activating group) is 1. The largest absolute Gasteiger partial charge is 0.347 e. The zero-order valence-electron chi connectivity index (χ0n) is 9.75. The van der Waals surface area contributed by atoms with Crippen LogP contribution in [0.25, 0.3) is 0 Å². The quantitative estimate of drug-likeness (QED) is 0.618. The van der Waals surface area contributed by atoms with Crippen LogP contribution < -0.4 is 0 Å². The zero-order chi connectivity index (χ0) is 13.9. The lowest BCUT2D eigenvalue weighted by Gasteiger charge is -2.15. The Labute approximate surface area is 109 Å². The maximum Gasteiger partial charge on any atom is 0.275 e. The highest BCUT2D eigenvalue weighted by Gasteiger charge is 2.29. The summed E-state index contributed by atoms with van der Waals surface area (Å²) >= 11 is 5.67. The van der Waals surface area contributed by atoms with E-state index in [9.17, 15) is 14.9 Å². The average Bonchev–Trinajstić information content (AvgIpc) is 2.31. The number of halogens is 1. The molecule has 1 amide bonds. The standard InChI is InChI=1S/C11H10ClN3O3/c1-14(2)11(16)9(6-13)8-4-3-7(12)5-10(8)15(17)18/h3-5,9H,1-2H3. The van der Waals surface area contributed by atoms with Gasteiger partial charge in [-0.2, -0.15) is 5.26 Å². The number of rotatable bonds is 3. The van der Waals surface area contributed by atoms with Gasteiger partial charge in [-0.15, -0.1) is 0 Å². The topological polar surface area (TPSA) is 87.2 Å². The van der Waals surface area contributed by atoms with E-state index in [2.05, 4.69) is 0 Å². The van der Waals surface area contributed by atoms with Crippen molar-refractivity contribution in [2.75, 3.05) is 14.1 Å². The molecule has 0 fully saturated rings. The molecule has 0 aliphatic carbocycles. The van der Waals surface area contributed by atoms with Gasteiger partial charge in [0.2, 0.25) is 5.91 Å². The summed E-state index contributed by atoms with van der Waals surface area (Å²) in [5.74, 6) is -1.72. The molecule has 0 heterocycles. The molecule has 0 saturated carbocycles. The summed E-state index contributed by atoms with van der Waals surface area (Å²) < 4.78 is 0. The Morgan fingerprint density at radius 2 is 2.17 bits per heavy atom. The van der Waals surface area contributed by atoms with Crippen LogP contribution in [0.3, 0.4) is 0 Å². The van der Waals surface area contributed by atoms with Crippen molar-refractivity contribution in [1.82, 2.24) is 4.90 Å². The van der Waals surface area contributed by atoms with E-state index in [0.29, 0.717) is 0 Å². The Balaban J connectivity index is 3.35. The van der Waals surface area contributed by atoms with Gasteiger partial charge in [0.05, 0.1) is 16.6 Å². The smallest absolute Gasteiger partial charge is 0.275 e. The highest BCUT2D eigenvalue weighted by molar-refractivity contribution is 6.30. The highest BCUT2D eigenvalue weighted by atomic mass is 35.5. The van der Waals surface area contributed by atoms with Crippen LogP contribution in [-0.4, -0.2) is 29.8 Å². The molecule has 0 radical (unpaired) electrons. The fourth-order valence-electron chi connectivity index (χ4n) is 1.44. The van der Waals surface area contributed by atoms with E-state index < -0.39 is 16.7 Å². The van der Waals surface area contributed by atoms with Gasteiger partial charge in [0.15, 0.2) is 5.92 Å². The summed E-state index contributed by atoms with van der Waals surface area (Å²) in [4.78, 5) is 23.2. The molecule has 0 saturated heterocycles. The van der Waals surface area contributed by atoms with Gasteiger partial charge < -0.3 is 4.90 Å². The van der Waals surface area contributed by atoms with Crippen LogP contribution in [0.1, 0.15) is 11.5 Å². The first-order valence-corrected chi connectivity index (χ1v) is 5.31. The van der Waals surface area contributed by atoms with Crippen molar-refractivity contribution >= 4 is 23.2 Å². The Kier molecular flexibility index (Phi) is 4.23. The molecule has 0 aromatic heterocycles. The van der Waals surface area contributed by atoms with E-state index in [-0.39, 0.29) is 16.3 Å². The number of nitro groups is 1. The van der Waals surface area contributed by atoms with E-state index >= 15 is 0 Å². The fourth-order valence-corrected chi connectivity index (χ4v) is 1.60. The molecule has 1 aromatic rings. The van der Waals surface area contributed by atoms with Crippen molar-refractivity contribution in [2.45, 2.75) is 5.92 Å². The molecule has 6 nitrogen and oxygen atoms in total. The zero-order valence-corrected chi connectivity index (χ0v) is 10.5. The number of hydrogen-bond acceptors (Lipinski definition) is 4. The molecule has 0 aliphatic heterocycles. The van der Waals surface area contributed by atoms with Crippen molar-refractivity contribution in [1.29, 1.82) is 5.26 Å². The van der Waals surface area contributed by atoms with E-state index in [4.69, 9.17) is 16.9 Å². The van der Waals surface area contributed by atoms with Gasteiger partial charge in [-0.1, -0.05) is 11.6 Å². The molecule has 1 rings (SSSR count). The fraction of sp³-hybridized carbons (Fsp3) is 0.273. The maximum absolute atomic E-state index is 11.8. The third kappa shape index (κ3) is 2.76. The number of carbonyl (C=O) groups is 1. The van der Waals surface area contributed by atoms with Crippen LogP contribution in [0.4, 0.5) is 5.69 Å². The van der Waals surface area contributed by atoms with Gasteiger partial charge in [-0.25, -0.2) is 0 Å². The Hall–Kier alpha value is -2.13. The van der Waals surface area contributed by atoms with E-state index in [1.807, 2.05) is 0 Å². The van der Waals surface area contributed by atoms with Crippen molar-refractivity contribution in [3.05, 3.63) is 38.9 Å². The summed E-state index contributed by atoms with van der Waals surface area (Å²) in [6, 6.07) is 5.65. The summed E-state index contributed by atoms with van der Waals surface area (Å²) in [5, 5.41) is 20.1. The SMILES string of the molecule is CN(C)C(=O)C(C#N)c1ccc(Cl)cc1[N+](=O)[O-]. The third-order valence-electron chi connectivity index (χ3n) is 2.32. The Morgan fingerprint density at radius 1 is 1.56 bits per heavy atom. The van der Waals surface area contributed by atoms with Crippen LogP contribution in [0.5, 0.6) is 0 Å². The molecule has 18 heavy (non-hydrogen) atoms. The van der Waals surface area contributed by atoms with E-state index in [0.717, 1.165) is 6.07 Å². The first-order chi connectivity index (χ1) is 8.38. The molecule has 1 aromatic carbocycles. The normalized spacial score (nSPS) is 11.4. The number of carbonyl (C=O) groups excluding carboxylic acids is 1. The second-order valence-corrected chi connectivity index (χ2v) is 4.19. The van der Waals surface area contributed by atoms with Gasteiger partial charge in [0.25, 0.3) is 5.69 Å². The minimum Gasteiger partial charge on any atom is -0.347 e. The molecule has 0 N–H and O–H groups in total. The van der Waals surface area contributed by atoms with Crippen molar-refractivity contribution in [3.8, 4) is 6.07 Å². The van der Waals surface area contributed by atoms with Crippen molar-refractivity contribution in [3.63, 3.8) is 0 Å². The predicted molar refractivity (Wildman–Crippen MR) is 65.2 cm³/mol. The maximum atomic E-state index is 11.8. The molecule has 0 aliphatic rings. The second kappa shape index (κ2) is 5.47. The van der Waals surface area contributed by atoms with Crippen LogP contribution in [0.2, 0.25) is 5.02 Å². The van der Waals surface area contributed by atoms with Crippen LogP contribution in [0, 0.1) is 21.4 Å². The lowest BCUT2D eigenvalue weighted by Crippen LogP contribution is -2.27. The Morgan fingerprint density at radius 3 is 2.61 bits per heavy atom. The number of nitrogens with zero attached hydrogens (tertiary/aromatic N) is 3. The van der Waals surface area contributed by atoms with Crippen LogP contribution in [0.15, 0.2) is 18.2 Å². The second-order valence-electron chi connectivity index (χ2n) is 3.76. The minimum atomic E-state index is -1.21. The number of benzene rings is 1. The monoisotopic (exact) mass is 267 g/mol. The third-order valence-corrected chi connectivity index (χ3v) is 2.55. The van der Waals surface area contributed by atoms with Crippen molar-refractivity contribution in [2.24, 2.45) is 0 Å². The summed E-state index contributed by atoms with van der Waals surface area (Å²) in [6.07, 6.45) is 0.